The van der Waals surface area contributed by atoms with Crippen LogP contribution in [0.3, 0.4) is 0 Å². The van der Waals surface area contributed by atoms with E-state index in [-0.39, 0.29) is 12.1 Å². The molecular weight excluding hydrogens is 106 g/mol. The Morgan fingerprint density at radius 3 is 3.00 bits per heavy atom. The van der Waals surface area contributed by atoms with E-state index in [2.05, 4.69) is 5.32 Å². The molecule has 0 aromatic rings. The molecule has 0 radical (unpaired) electrons. The van der Waals surface area contributed by atoms with Crippen LogP contribution in [0.5, 0.6) is 0 Å². The fourth-order valence-corrected chi connectivity index (χ4v) is 0.629. The Hall–Kier alpha value is -0.570. The number of amides is 1. The molecule has 3 nitrogen and oxygen atoms in total. The predicted molar refractivity (Wildman–Crippen MR) is 28.2 cm³/mol. The Morgan fingerprint density at radius 1 is 2.00 bits per heavy atom. The summed E-state index contributed by atoms with van der Waals surface area (Å²) in [4.78, 5) is 10.2. The van der Waals surface area contributed by atoms with Gasteiger partial charge in [0, 0.05) is 6.61 Å². The zero-order chi connectivity index (χ0) is 5.98. The Balaban J connectivity index is 2.06. The molecule has 0 aromatic carbocycles. The van der Waals surface area contributed by atoms with Gasteiger partial charge in [-0.2, -0.15) is 0 Å². The second-order valence-electron chi connectivity index (χ2n) is 1.72. The highest BCUT2D eigenvalue weighted by Crippen LogP contribution is 2.03. The summed E-state index contributed by atoms with van der Waals surface area (Å²) in [5, 5.41) is 2.58. The van der Waals surface area contributed by atoms with Crippen molar-refractivity contribution < 1.29 is 9.53 Å². The van der Waals surface area contributed by atoms with Crippen molar-refractivity contribution in [3.05, 3.63) is 0 Å². The Bertz CT molecular complexity index is 94.6. The van der Waals surface area contributed by atoms with E-state index in [0.717, 1.165) is 0 Å². The molecule has 1 aliphatic rings. The van der Waals surface area contributed by atoms with Crippen LogP contribution < -0.4 is 5.32 Å². The summed E-state index contributed by atoms with van der Waals surface area (Å²) < 4.78 is 5.02. The largest absolute Gasteiger partial charge is 0.358 e. The third-order valence-corrected chi connectivity index (χ3v) is 1.06. The quantitative estimate of drug-likeness (QED) is 0.509. The molecule has 3 heteroatoms. The van der Waals surface area contributed by atoms with Gasteiger partial charge >= 0.3 is 0 Å². The summed E-state index contributed by atoms with van der Waals surface area (Å²) in [6.45, 7) is 2.58. The van der Waals surface area contributed by atoms with Gasteiger partial charge in [-0.3, -0.25) is 4.79 Å². The number of hydrogen-bond donors (Lipinski definition) is 1. The summed E-state index contributed by atoms with van der Waals surface area (Å²) in [7, 11) is 0. The monoisotopic (exact) mass is 115 g/mol. The van der Waals surface area contributed by atoms with Crippen LogP contribution in [0.4, 0.5) is 0 Å². The van der Waals surface area contributed by atoms with E-state index in [1.54, 1.807) is 0 Å². The maximum absolute atomic E-state index is 10.2. The Morgan fingerprint density at radius 2 is 2.62 bits per heavy atom. The van der Waals surface area contributed by atoms with Crippen LogP contribution >= 0.6 is 0 Å². The SMILES string of the molecule is CCO[C@H]1CC(=O)N1. The van der Waals surface area contributed by atoms with Gasteiger partial charge in [0.2, 0.25) is 5.91 Å². The highest BCUT2D eigenvalue weighted by molar-refractivity contribution is 5.82. The van der Waals surface area contributed by atoms with Gasteiger partial charge in [0.1, 0.15) is 6.23 Å². The average molecular weight is 115 g/mol. The van der Waals surface area contributed by atoms with Crippen LogP contribution in [0.1, 0.15) is 13.3 Å². The minimum absolute atomic E-state index is 0.00694. The molecule has 0 spiro atoms. The predicted octanol–water partition coefficient (Wildman–Crippen LogP) is -0.131. The van der Waals surface area contributed by atoms with E-state index in [0.29, 0.717) is 13.0 Å². The first kappa shape index (κ1) is 5.56. The fraction of sp³-hybridized carbons (Fsp3) is 0.800. The minimum atomic E-state index is 0.00694. The fourth-order valence-electron chi connectivity index (χ4n) is 0.629. The number of hydrogen-bond acceptors (Lipinski definition) is 2. The number of carbonyl (C=O) groups is 1. The van der Waals surface area contributed by atoms with Crippen molar-refractivity contribution in [2.75, 3.05) is 6.61 Å². The molecule has 8 heavy (non-hydrogen) atoms. The molecule has 0 aliphatic carbocycles. The molecule has 1 atom stereocenters. The van der Waals surface area contributed by atoms with Crippen LogP contribution in [-0.2, 0) is 9.53 Å². The summed E-state index contributed by atoms with van der Waals surface area (Å²) in [6.07, 6.45) is 0.542. The van der Waals surface area contributed by atoms with Gasteiger partial charge in [-0.1, -0.05) is 0 Å². The first-order valence-electron chi connectivity index (χ1n) is 2.74. The van der Waals surface area contributed by atoms with E-state index in [1.165, 1.54) is 0 Å². The number of ether oxygens (including phenoxy) is 1. The molecule has 1 rings (SSSR count). The average Bonchev–Trinajstić information content (AvgIpc) is 1.64. The third kappa shape index (κ3) is 0.980. The number of rotatable bonds is 2. The lowest BCUT2D eigenvalue weighted by Crippen LogP contribution is -2.49. The van der Waals surface area contributed by atoms with Crippen molar-refractivity contribution in [3.63, 3.8) is 0 Å². The lowest BCUT2D eigenvalue weighted by molar-refractivity contribution is -0.140. The van der Waals surface area contributed by atoms with Gasteiger partial charge in [-0.05, 0) is 6.92 Å². The standard InChI is InChI=1S/C5H9NO2/c1-2-8-5-3-4(7)6-5/h5H,2-3H2,1H3,(H,6,7)/t5-/m0/s1. The Labute approximate surface area is 48.0 Å². The Kier molecular flexibility index (Phi) is 1.48. The van der Waals surface area contributed by atoms with Gasteiger partial charge in [0.25, 0.3) is 0 Å². The molecule has 1 amide bonds. The molecule has 0 saturated carbocycles. The second-order valence-corrected chi connectivity index (χ2v) is 1.72. The zero-order valence-corrected chi connectivity index (χ0v) is 4.81. The van der Waals surface area contributed by atoms with Gasteiger partial charge in [-0.15, -0.1) is 0 Å². The van der Waals surface area contributed by atoms with Gasteiger partial charge < -0.3 is 10.1 Å². The molecule has 0 aromatic heterocycles. The minimum Gasteiger partial charge on any atom is -0.358 e. The molecule has 0 bridgehead atoms. The van der Waals surface area contributed by atoms with E-state index < -0.39 is 0 Å². The highest BCUT2D eigenvalue weighted by Gasteiger charge is 2.24. The summed E-state index contributed by atoms with van der Waals surface area (Å²) in [5.74, 6) is 0.0865. The number of nitrogens with one attached hydrogen (secondary N) is 1. The van der Waals surface area contributed by atoms with Crippen LogP contribution in [0, 0.1) is 0 Å². The van der Waals surface area contributed by atoms with Crippen molar-refractivity contribution in [2.24, 2.45) is 0 Å². The molecule has 1 heterocycles. The molecule has 1 aliphatic heterocycles. The smallest absolute Gasteiger partial charge is 0.226 e. The summed E-state index contributed by atoms with van der Waals surface area (Å²) >= 11 is 0. The van der Waals surface area contributed by atoms with Gasteiger partial charge in [0.15, 0.2) is 0 Å². The zero-order valence-electron chi connectivity index (χ0n) is 4.81. The maximum atomic E-state index is 10.2. The van der Waals surface area contributed by atoms with E-state index >= 15 is 0 Å². The maximum Gasteiger partial charge on any atom is 0.226 e. The van der Waals surface area contributed by atoms with Crippen molar-refractivity contribution in [2.45, 2.75) is 19.6 Å². The van der Waals surface area contributed by atoms with Crippen molar-refractivity contribution in [1.29, 1.82) is 0 Å². The molecule has 1 N–H and O–H groups in total. The lowest BCUT2D eigenvalue weighted by atomic mass is 10.2. The third-order valence-electron chi connectivity index (χ3n) is 1.06. The molecular formula is C5H9NO2. The normalized spacial score (nSPS) is 26.6. The number of carbonyl (C=O) groups excluding carboxylic acids is 1. The van der Waals surface area contributed by atoms with Crippen LogP contribution in [0.25, 0.3) is 0 Å². The van der Waals surface area contributed by atoms with Crippen LogP contribution in [-0.4, -0.2) is 18.7 Å². The first-order chi connectivity index (χ1) is 3.83. The van der Waals surface area contributed by atoms with E-state index in [9.17, 15) is 4.79 Å². The number of β-lactam (4-membered cyclic amide) rings is 1. The molecule has 46 valence electrons. The first-order valence-corrected chi connectivity index (χ1v) is 2.74. The molecule has 1 fully saturated rings. The molecule has 1 saturated heterocycles. The van der Waals surface area contributed by atoms with Crippen molar-refractivity contribution in [3.8, 4) is 0 Å². The van der Waals surface area contributed by atoms with Crippen LogP contribution in [0.15, 0.2) is 0 Å². The van der Waals surface area contributed by atoms with Crippen molar-refractivity contribution >= 4 is 5.91 Å². The van der Waals surface area contributed by atoms with E-state index in [4.69, 9.17) is 4.74 Å². The van der Waals surface area contributed by atoms with E-state index in [1.807, 2.05) is 6.92 Å². The van der Waals surface area contributed by atoms with Gasteiger partial charge in [-0.25, -0.2) is 0 Å². The molecule has 0 unspecified atom stereocenters. The van der Waals surface area contributed by atoms with Crippen LogP contribution in [0.2, 0.25) is 0 Å². The van der Waals surface area contributed by atoms with Gasteiger partial charge in [0.05, 0.1) is 6.42 Å². The topological polar surface area (TPSA) is 38.3 Å². The lowest BCUT2D eigenvalue weighted by Gasteiger charge is -2.25. The summed E-state index contributed by atoms with van der Waals surface area (Å²) in [6, 6.07) is 0. The second kappa shape index (κ2) is 2.13. The summed E-state index contributed by atoms with van der Waals surface area (Å²) in [5.41, 5.74) is 0. The van der Waals surface area contributed by atoms with Crippen molar-refractivity contribution in [1.82, 2.24) is 5.32 Å². The highest BCUT2D eigenvalue weighted by atomic mass is 16.5.